The van der Waals surface area contributed by atoms with Gasteiger partial charge in [0.1, 0.15) is 0 Å². The van der Waals surface area contributed by atoms with Gasteiger partial charge >= 0.3 is 0 Å². The Morgan fingerprint density at radius 1 is 1.20 bits per heavy atom. The Morgan fingerprint density at radius 2 is 1.85 bits per heavy atom. The van der Waals surface area contributed by atoms with Gasteiger partial charge in [-0.2, -0.15) is 0 Å². The van der Waals surface area contributed by atoms with Crippen molar-refractivity contribution in [2.75, 3.05) is 46.4 Å². The van der Waals surface area contributed by atoms with E-state index in [2.05, 4.69) is 4.90 Å². The summed E-state index contributed by atoms with van der Waals surface area (Å²) in [5.41, 5.74) is 0.825. The van der Waals surface area contributed by atoms with E-state index in [9.17, 15) is 8.42 Å². The van der Waals surface area contributed by atoms with Crippen LogP contribution in [0.15, 0.2) is 30.3 Å². The highest BCUT2D eigenvalue weighted by Crippen LogP contribution is 2.09. The lowest BCUT2D eigenvalue weighted by molar-refractivity contribution is 0.0368. The van der Waals surface area contributed by atoms with Gasteiger partial charge < -0.3 is 4.74 Å². The Balaban J connectivity index is 1.85. The molecule has 0 saturated carbocycles. The van der Waals surface area contributed by atoms with Crippen LogP contribution in [-0.4, -0.2) is 64.1 Å². The zero-order chi connectivity index (χ0) is 14.4. The molecule has 1 saturated heterocycles. The Bertz CT molecular complexity index is 498. The zero-order valence-electron chi connectivity index (χ0n) is 11.9. The van der Waals surface area contributed by atoms with E-state index >= 15 is 0 Å². The topological polar surface area (TPSA) is 49.9 Å². The smallest absolute Gasteiger partial charge is 0.218 e. The zero-order valence-corrected chi connectivity index (χ0v) is 12.7. The molecule has 0 radical (unpaired) electrons. The average molecular weight is 298 g/mol. The molecule has 1 aromatic rings. The summed E-state index contributed by atoms with van der Waals surface area (Å²) in [5.74, 6) is 0.0629. The van der Waals surface area contributed by atoms with Crippen LogP contribution in [0.5, 0.6) is 0 Å². The molecular formula is C14H22N2O3S. The summed E-state index contributed by atoms with van der Waals surface area (Å²) in [5, 5.41) is 0. The highest BCUT2D eigenvalue weighted by molar-refractivity contribution is 7.88. The van der Waals surface area contributed by atoms with Gasteiger partial charge in [0, 0.05) is 33.2 Å². The largest absolute Gasteiger partial charge is 0.379 e. The molecule has 0 aliphatic carbocycles. The fourth-order valence-electron chi connectivity index (χ4n) is 2.14. The van der Waals surface area contributed by atoms with Gasteiger partial charge in [-0.25, -0.2) is 12.7 Å². The highest BCUT2D eigenvalue weighted by Gasteiger charge is 2.19. The van der Waals surface area contributed by atoms with E-state index in [-0.39, 0.29) is 5.75 Å². The molecule has 112 valence electrons. The van der Waals surface area contributed by atoms with Gasteiger partial charge in [0.15, 0.2) is 0 Å². The lowest BCUT2D eigenvalue weighted by atomic mass is 10.2. The van der Waals surface area contributed by atoms with Crippen LogP contribution in [0.4, 0.5) is 0 Å². The first kappa shape index (κ1) is 15.4. The van der Waals surface area contributed by atoms with Crippen molar-refractivity contribution in [2.24, 2.45) is 0 Å². The summed E-state index contributed by atoms with van der Waals surface area (Å²) in [6.45, 7) is 4.52. The van der Waals surface area contributed by atoms with Gasteiger partial charge in [-0.3, -0.25) is 4.90 Å². The van der Waals surface area contributed by atoms with Crippen LogP contribution in [0.1, 0.15) is 5.56 Å². The second-order valence-corrected chi connectivity index (χ2v) is 7.09. The van der Waals surface area contributed by atoms with E-state index in [1.54, 1.807) is 7.05 Å². The molecule has 0 spiro atoms. The fourth-order valence-corrected chi connectivity index (χ4v) is 3.34. The third-order valence-electron chi connectivity index (χ3n) is 3.50. The van der Waals surface area contributed by atoms with Gasteiger partial charge in [-0.15, -0.1) is 0 Å². The maximum atomic E-state index is 12.3. The minimum atomic E-state index is -3.24. The van der Waals surface area contributed by atoms with Gasteiger partial charge in [0.25, 0.3) is 0 Å². The monoisotopic (exact) mass is 298 g/mol. The summed E-state index contributed by atoms with van der Waals surface area (Å²) in [4.78, 5) is 2.23. The van der Waals surface area contributed by atoms with E-state index in [1.165, 1.54) is 4.31 Å². The summed E-state index contributed by atoms with van der Waals surface area (Å²) in [6.07, 6.45) is 0. The molecule has 0 atom stereocenters. The Morgan fingerprint density at radius 3 is 2.50 bits per heavy atom. The van der Waals surface area contributed by atoms with Gasteiger partial charge in [0.05, 0.1) is 19.0 Å². The normalized spacial score (nSPS) is 17.5. The predicted octanol–water partition coefficient (Wildman–Crippen LogP) is 0.780. The van der Waals surface area contributed by atoms with Crippen molar-refractivity contribution >= 4 is 10.0 Å². The summed E-state index contributed by atoms with van der Waals surface area (Å²) < 4.78 is 31.2. The number of nitrogens with zero attached hydrogens (tertiary/aromatic N) is 2. The van der Waals surface area contributed by atoms with E-state index < -0.39 is 10.0 Å². The number of hydrogen-bond donors (Lipinski definition) is 0. The molecule has 6 heteroatoms. The van der Waals surface area contributed by atoms with Gasteiger partial charge in [0.2, 0.25) is 10.0 Å². The third-order valence-corrected chi connectivity index (χ3v) is 5.33. The number of morpholine rings is 1. The van der Waals surface area contributed by atoms with Crippen LogP contribution in [0.3, 0.4) is 0 Å². The molecule has 1 aliphatic rings. The van der Waals surface area contributed by atoms with Crippen LogP contribution in [0.25, 0.3) is 0 Å². The Hall–Kier alpha value is -0.950. The number of benzene rings is 1. The first-order valence-electron chi connectivity index (χ1n) is 6.86. The van der Waals surface area contributed by atoms with Gasteiger partial charge in [-0.1, -0.05) is 30.3 Å². The molecule has 20 heavy (non-hydrogen) atoms. The van der Waals surface area contributed by atoms with Crippen molar-refractivity contribution in [3.63, 3.8) is 0 Å². The number of sulfonamides is 1. The molecule has 5 nitrogen and oxygen atoms in total. The minimum Gasteiger partial charge on any atom is -0.379 e. The fraction of sp³-hybridized carbons (Fsp3) is 0.571. The lowest BCUT2D eigenvalue weighted by Gasteiger charge is -2.28. The molecule has 0 amide bonds. The highest BCUT2D eigenvalue weighted by atomic mass is 32.2. The van der Waals surface area contributed by atoms with E-state index in [1.807, 2.05) is 30.3 Å². The molecule has 1 aromatic carbocycles. The molecule has 0 aromatic heterocycles. The van der Waals surface area contributed by atoms with Crippen LogP contribution >= 0.6 is 0 Å². The third kappa shape index (κ3) is 4.56. The van der Waals surface area contributed by atoms with E-state index in [0.29, 0.717) is 6.54 Å². The Labute approximate surface area is 121 Å². The van der Waals surface area contributed by atoms with Crippen LogP contribution < -0.4 is 0 Å². The van der Waals surface area contributed by atoms with Crippen LogP contribution in [0, 0.1) is 0 Å². The molecule has 0 bridgehead atoms. The maximum Gasteiger partial charge on any atom is 0.218 e. The first-order valence-corrected chi connectivity index (χ1v) is 8.47. The lowest BCUT2D eigenvalue weighted by Crippen LogP contribution is -2.42. The van der Waals surface area contributed by atoms with Crippen molar-refractivity contribution in [1.82, 2.24) is 9.21 Å². The molecule has 1 aliphatic heterocycles. The second-order valence-electron chi connectivity index (χ2n) is 5.02. The summed E-state index contributed by atoms with van der Waals surface area (Å²) >= 11 is 0. The molecule has 0 N–H and O–H groups in total. The number of hydrogen-bond acceptors (Lipinski definition) is 4. The van der Waals surface area contributed by atoms with Crippen molar-refractivity contribution in [3.05, 3.63) is 35.9 Å². The Kier molecular flexibility index (Phi) is 5.54. The van der Waals surface area contributed by atoms with E-state index in [4.69, 9.17) is 4.74 Å². The SMILES string of the molecule is CN(CCN1CCOCC1)S(=O)(=O)Cc1ccccc1. The standard InChI is InChI=1S/C14H22N2O3S/c1-15(7-8-16-9-11-19-12-10-16)20(17,18)13-14-5-3-2-4-6-14/h2-6H,7-13H2,1H3. The van der Waals surface area contributed by atoms with Crippen LogP contribution in [0.2, 0.25) is 0 Å². The van der Waals surface area contributed by atoms with E-state index in [0.717, 1.165) is 38.4 Å². The second kappa shape index (κ2) is 7.17. The molecular weight excluding hydrogens is 276 g/mol. The summed E-state index contributed by atoms with van der Waals surface area (Å²) in [6, 6.07) is 9.29. The quantitative estimate of drug-likeness (QED) is 0.779. The molecule has 1 heterocycles. The molecule has 1 fully saturated rings. The first-order chi connectivity index (χ1) is 9.58. The number of ether oxygens (including phenoxy) is 1. The summed E-state index contributed by atoms with van der Waals surface area (Å²) in [7, 11) is -1.59. The van der Waals surface area contributed by atoms with Crippen LogP contribution in [-0.2, 0) is 20.5 Å². The van der Waals surface area contributed by atoms with Crippen molar-refractivity contribution < 1.29 is 13.2 Å². The van der Waals surface area contributed by atoms with Gasteiger partial charge in [-0.05, 0) is 5.56 Å². The number of likely N-dealkylation sites (N-methyl/N-ethyl adjacent to an activating group) is 1. The van der Waals surface area contributed by atoms with Crippen molar-refractivity contribution in [2.45, 2.75) is 5.75 Å². The van der Waals surface area contributed by atoms with Crippen molar-refractivity contribution in [1.29, 1.82) is 0 Å². The number of rotatable bonds is 6. The molecule has 2 rings (SSSR count). The minimum absolute atomic E-state index is 0.0629. The maximum absolute atomic E-state index is 12.3. The predicted molar refractivity (Wildman–Crippen MR) is 79.0 cm³/mol. The van der Waals surface area contributed by atoms with Crippen molar-refractivity contribution in [3.8, 4) is 0 Å². The average Bonchev–Trinajstić information content (AvgIpc) is 2.46. The molecule has 0 unspecified atom stereocenters.